The lowest BCUT2D eigenvalue weighted by Crippen LogP contribution is -1.82. The second kappa shape index (κ2) is 4.63. The van der Waals surface area contributed by atoms with Gasteiger partial charge in [-0.25, -0.2) is 0 Å². The number of aromatic nitrogens is 2. The van der Waals surface area contributed by atoms with Gasteiger partial charge in [0.2, 0.25) is 0 Å². The Hall–Kier alpha value is -2.81. The van der Waals surface area contributed by atoms with Crippen LogP contribution in [0.2, 0.25) is 0 Å². The van der Waals surface area contributed by atoms with Gasteiger partial charge in [-0.15, -0.1) is 0 Å². The van der Waals surface area contributed by atoms with Crippen molar-refractivity contribution < 1.29 is 4.74 Å². The molecule has 0 saturated carbocycles. The molecule has 21 heavy (non-hydrogen) atoms. The Labute approximate surface area is 122 Å². The van der Waals surface area contributed by atoms with Crippen molar-refractivity contribution in [2.45, 2.75) is 0 Å². The predicted octanol–water partition coefficient (Wildman–Crippen LogP) is 4.39. The third-order valence-corrected chi connectivity index (χ3v) is 3.78. The second-order valence-electron chi connectivity index (χ2n) is 4.98. The number of hydrogen-bond donors (Lipinski definition) is 1. The number of methoxy groups -OCH3 is 1. The molecule has 2 heterocycles. The van der Waals surface area contributed by atoms with Gasteiger partial charge in [-0.05, 0) is 29.8 Å². The lowest BCUT2D eigenvalue weighted by atomic mass is 10.1. The van der Waals surface area contributed by atoms with E-state index < -0.39 is 0 Å². The number of nitrogens with zero attached hydrogens (tertiary/aromatic N) is 1. The zero-order chi connectivity index (χ0) is 14.2. The molecule has 0 spiro atoms. The number of nitrogens with one attached hydrogen (secondary N) is 1. The molecule has 0 radical (unpaired) electrons. The Morgan fingerprint density at radius 1 is 1.00 bits per heavy atom. The van der Waals surface area contributed by atoms with Crippen LogP contribution in [-0.4, -0.2) is 17.1 Å². The Morgan fingerprint density at radius 3 is 2.67 bits per heavy atom. The molecule has 4 rings (SSSR count). The molecule has 2 aromatic heterocycles. The van der Waals surface area contributed by atoms with Gasteiger partial charge in [0, 0.05) is 22.7 Å². The number of fused-ring (bicyclic) bond motifs is 3. The molecule has 0 bridgehead atoms. The zero-order valence-electron chi connectivity index (χ0n) is 11.6. The van der Waals surface area contributed by atoms with Crippen molar-refractivity contribution >= 4 is 21.9 Å². The quantitative estimate of drug-likeness (QED) is 0.588. The molecule has 0 aliphatic rings. The maximum atomic E-state index is 5.31. The summed E-state index contributed by atoms with van der Waals surface area (Å²) in [5.41, 5.74) is 5.46. The molecular formula is C18H14N2O. The second-order valence-corrected chi connectivity index (χ2v) is 4.98. The third-order valence-electron chi connectivity index (χ3n) is 3.78. The van der Waals surface area contributed by atoms with E-state index in [9.17, 15) is 0 Å². The van der Waals surface area contributed by atoms with Gasteiger partial charge in [0.1, 0.15) is 5.75 Å². The minimum absolute atomic E-state index is 0.843. The van der Waals surface area contributed by atoms with Crippen LogP contribution in [0, 0.1) is 0 Å². The van der Waals surface area contributed by atoms with Crippen LogP contribution < -0.4 is 4.74 Å². The summed E-state index contributed by atoms with van der Waals surface area (Å²) in [6.45, 7) is 0. The SMILES string of the molecule is COc1ccc2[nH]c3c(-c4ccccc4)ccnc3c2c1. The van der Waals surface area contributed by atoms with Crippen LogP contribution >= 0.6 is 0 Å². The van der Waals surface area contributed by atoms with Crippen LogP contribution in [-0.2, 0) is 0 Å². The van der Waals surface area contributed by atoms with E-state index in [4.69, 9.17) is 4.74 Å². The molecule has 3 heteroatoms. The van der Waals surface area contributed by atoms with E-state index in [0.29, 0.717) is 0 Å². The highest BCUT2D eigenvalue weighted by molar-refractivity contribution is 6.09. The van der Waals surface area contributed by atoms with E-state index in [1.807, 2.05) is 48.7 Å². The van der Waals surface area contributed by atoms with Gasteiger partial charge in [0.05, 0.1) is 18.1 Å². The van der Waals surface area contributed by atoms with Gasteiger partial charge < -0.3 is 9.72 Å². The number of benzene rings is 2. The van der Waals surface area contributed by atoms with Crippen LogP contribution in [0.5, 0.6) is 5.75 Å². The lowest BCUT2D eigenvalue weighted by Gasteiger charge is -2.02. The van der Waals surface area contributed by atoms with Gasteiger partial charge in [0.25, 0.3) is 0 Å². The molecule has 0 aliphatic carbocycles. The van der Waals surface area contributed by atoms with Gasteiger partial charge in [-0.2, -0.15) is 0 Å². The standard InChI is InChI=1S/C18H14N2O/c1-21-13-7-8-16-15(11-13)17-18(20-16)14(9-10-19-17)12-5-3-2-4-6-12/h2-11,20H,1H3. The van der Waals surface area contributed by atoms with Crippen molar-refractivity contribution in [3.8, 4) is 16.9 Å². The predicted molar refractivity (Wildman–Crippen MR) is 85.6 cm³/mol. The van der Waals surface area contributed by atoms with Crippen molar-refractivity contribution in [3.05, 3.63) is 60.8 Å². The fourth-order valence-corrected chi connectivity index (χ4v) is 2.74. The maximum Gasteiger partial charge on any atom is 0.119 e. The summed E-state index contributed by atoms with van der Waals surface area (Å²) < 4.78 is 5.31. The summed E-state index contributed by atoms with van der Waals surface area (Å²) in [6, 6.07) is 18.4. The van der Waals surface area contributed by atoms with Crippen LogP contribution in [0.25, 0.3) is 33.1 Å². The molecule has 3 nitrogen and oxygen atoms in total. The van der Waals surface area contributed by atoms with Crippen LogP contribution in [0.4, 0.5) is 0 Å². The number of pyridine rings is 1. The summed E-state index contributed by atoms with van der Waals surface area (Å²) in [7, 11) is 1.68. The normalized spacial score (nSPS) is 11.1. The molecule has 0 atom stereocenters. The molecule has 2 aromatic carbocycles. The molecule has 0 amide bonds. The Kier molecular flexibility index (Phi) is 2.64. The zero-order valence-corrected chi connectivity index (χ0v) is 11.6. The Morgan fingerprint density at radius 2 is 1.86 bits per heavy atom. The highest BCUT2D eigenvalue weighted by Gasteiger charge is 2.11. The third kappa shape index (κ3) is 1.86. The van der Waals surface area contributed by atoms with E-state index in [0.717, 1.165) is 33.2 Å². The van der Waals surface area contributed by atoms with Crippen LogP contribution in [0.1, 0.15) is 0 Å². The fraction of sp³-hybridized carbons (Fsp3) is 0.0556. The highest BCUT2D eigenvalue weighted by atomic mass is 16.5. The van der Waals surface area contributed by atoms with E-state index in [1.54, 1.807) is 7.11 Å². The molecule has 4 aromatic rings. The molecule has 0 saturated heterocycles. The number of H-pyrrole nitrogens is 1. The molecule has 0 fully saturated rings. The first-order chi connectivity index (χ1) is 10.4. The minimum Gasteiger partial charge on any atom is -0.497 e. The lowest BCUT2D eigenvalue weighted by molar-refractivity contribution is 0.415. The number of aromatic amines is 1. The van der Waals surface area contributed by atoms with E-state index in [2.05, 4.69) is 22.1 Å². The van der Waals surface area contributed by atoms with Gasteiger partial charge in [0.15, 0.2) is 0 Å². The summed E-state index contributed by atoms with van der Waals surface area (Å²) in [5.74, 6) is 0.843. The van der Waals surface area contributed by atoms with Gasteiger partial charge in [-0.1, -0.05) is 30.3 Å². The van der Waals surface area contributed by atoms with Crippen LogP contribution in [0.3, 0.4) is 0 Å². The number of ether oxygens (including phenoxy) is 1. The minimum atomic E-state index is 0.843. The summed E-state index contributed by atoms with van der Waals surface area (Å²) in [6.07, 6.45) is 1.86. The van der Waals surface area contributed by atoms with E-state index in [-0.39, 0.29) is 0 Å². The van der Waals surface area contributed by atoms with E-state index in [1.165, 1.54) is 5.56 Å². The average molecular weight is 274 g/mol. The smallest absolute Gasteiger partial charge is 0.119 e. The average Bonchev–Trinajstić information content (AvgIpc) is 2.93. The van der Waals surface area contributed by atoms with Crippen LogP contribution in [0.15, 0.2) is 60.8 Å². The van der Waals surface area contributed by atoms with Crippen molar-refractivity contribution in [1.29, 1.82) is 0 Å². The summed E-state index contributed by atoms with van der Waals surface area (Å²) in [5, 5.41) is 1.09. The number of hydrogen-bond acceptors (Lipinski definition) is 2. The monoisotopic (exact) mass is 274 g/mol. The highest BCUT2D eigenvalue weighted by Crippen LogP contribution is 2.33. The molecule has 0 unspecified atom stereocenters. The van der Waals surface area contributed by atoms with Crippen molar-refractivity contribution in [2.24, 2.45) is 0 Å². The van der Waals surface area contributed by atoms with Crippen molar-refractivity contribution in [1.82, 2.24) is 9.97 Å². The van der Waals surface area contributed by atoms with Crippen molar-refractivity contribution in [3.63, 3.8) is 0 Å². The Bertz CT molecular complexity index is 926. The molecular weight excluding hydrogens is 260 g/mol. The van der Waals surface area contributed by atoms with E-state index >= 15 is 0 Å². The summed E-state index contributed by atoms with van der Waals surface area (Å²) >= 11 is 0. The largest absolute Gasteiger partial charge is 0.497 e. The molecule has 1 N–H and O–H groups in total. The number of rotatable bonds is 2. The first-order valence-electron chi connectivity index (χ1n) is 6.86. The van der Waals surface area contributed by atoms with Crippen molar-refractivity contribution in [2.75, 3.05) is 7.11 Å². The maximum absolute atomic E-state index is 5.31. The first kappa shape index (κ1) is 12.0. The van der Waals surface area contributed by atoms with Gasteiger partial charge in [-0.3, -0.25) is 4.98 Å². The first-order valence-corrected chi connectivity index (χ1v) is 6.86. The molecule has 0 aliphatic heterocycles. The van der Waals surface area contributed by atoms with Gasteiger partial charge >= 0.3 is 0 Å². The Balaban J connectivity index is 2.06. The topological polar surface area (TPSA) is 37.9 Å². The summed E-state index contributed by atoms with van der Waals surface area (Å²) in [4.78, 5) is 8.02. The fourth-order valence-electron chi connectivity index (χ4n) is 2.74. The molecule has 102 valence electrons.